The van der Waals surface area contributed by atoms with E-state index in [0.717, 1.165) is 24.6 Å². The summed E-state index contributed by atoms with van der Waals surface area (Å²) in [5.41, 5.74) is -1.58. The van der Waals surface area contributed by atoms with Gasteiger partial charge in [-0.1, -0.05) is 32.1 Å². The van der Waals surface area contributed by atoms with Crippen LogP contribution in [-0.2, 0) is 10.3 Å². The highest BCUT2D eigenvalue weighted by atomic mass is 19.1. The van der Waals surface area contributed by atoms with E-state index in [1.807, 2.05) is 7.05 Å². The third kappa shape index (κ3) is 7.86. The predicted octanol–water partition coefficient (Wildman–Crippen LogP) is 4.95. The second kappa shape index (κ2) is 14.2. The van der Waals surface area contributed by atoms with Gasteiger partial charge < -0.3 is 25.4 Å². The number of methoxy groups -OCH3 is 1. The number of likely N-dealkylation sites (N-methyl/N-ethyl adjacent to an activating group) is 1. The van der Waals surface area contributed by atoms with Gasteiger partial charge in [0.15, 0.2) is 0 Å². The number of rotatable bonds is 12. The summed E-state index contributed by atoms with van der Waals surface area (Å²) in [5, 5.41) is 18.3. The van der Waals surface area contributed by atoms with Crippen molar-refractivity contribution in [1.82, 2.24) is 15.5 Å². The van der Waals surface area contributed by atoms with Crippen LogP contribution in [0.5, 0.6) is 0 Å². The summed E-state index contributed by atoms with van der Waals surface area (Å²) >= 11 is 0. The average Bonchev–Trinajstić information content (AvgIpc) is 2.88. The van der Waals surface area contributed by atoms with Crippen LogP contribution in [0.1, 0.15) is 76.2 Å². The zero-order chi connectivity index (χ0) is 26.0. The molecule has 0 aromatic heterocycles. The van der Waals surface area contributed by atoms with Crippen LogP contribution in [0.3, 0.4) is 0 Å². The van der Waals surface area contributed by atoms with Crippen molar-refractivity contribution < 1.29 is 23.4 Å². The molecule has 1 saturated heterocycles. The lowest BCUT2D eigenvalue weighted by molar-refractivity contribution is -0.0590. The largest absolute Gasteiger partial charge is 0.385 e. The number of hydrogen-bond acceptors (Lipinski definition) is 4. The first kappa shape index (κ1) is 28.8. The SMILES string of the molecule is CNC[C@H](CC1CCCCC1)NC(=O)N1CCC[C@@H]([C@@](O)(CCCCOC)c2cc(F)ccc2F)C1. The van der Waals surface area contributed by atoms with E-state index in [2.05, 4.69) is 10.6 Å². The zero-order valence-corrected chi connectivity index (χ0v) is 22.0. The molecule has 3 rings (SSSR count). The van der Waals surface area contributed by atoms with Crippen molar-refractivity contribution in [3.8, 4) is 0 Å². The lowest BCUT2D eigenvalue weighted by atomic mass is 9.74. The molecule has 1 aliphatic carbocycles. The fraction of sp³-hybridized carbons (Fsp3) is 0.750. The molecule has 0 radical (unpaired) electrons. The van der Waals surface area contributed by atoms with Crippen molar-refractivity contribution in [2.75, 3.05) is 40.4 Å². The molecule has 0 bridgehead atoms. The minimum atomic E-state index is -1.56. The highest BCUT2D eigenvalue weighted by Crippen LogP contribution is 2.41. The van der Waals surface area contributed by atoms with Crippen LogP contribution in [0.2, 0.25) is 0 Å². The number of amides is 2. The van der Waals surface area contributed by atoms with E-state index in [0.29, 0.717) is 57.8 Å². The number of aliphatic hydroxyl groups is 1. The Morgan fingerprint density at radius 3 is 2.69 bits per heavy atom. The number of unbranched alkanes of at least 4 members (excludes halogenated alkanes) is 1. The zero-order valence-electron chi connectivity index (χ0n) is 22.0. The van der Waals surface area contributed by atoms with E-state index in [1.54, 1.807) is 12.0 Å². The highest BCUT2D eigenvalue weighted by Gasteiger charge is 2.43. The first-order valence-corrected chi connectivity index (χ1v) is 13.7. The van der Waals surface area contributed by atoms with Crippen LogP contribution in [0, 0.1) is 23.5 Å². The number of ether oxygens (including phenoxy) is 1. The van der Waals surface area contributed by atoms with Crippen LogP contribution in [0.15, 0.2) is 18.2 Å². The summed E-state index contributed by atoms with van der Waals surface area (Å²) in [6, 6.07) is 3.15. The maximum absolute atomic E-state index is 14.9. The van der Waals surface area contributed by atoms with Gasteiger partial charge >= 0.3 is 6.03 Å². The van der Waals surface area contributed by atoms with Gasteiger partial charge in [0, 0.05) is 50.9 Å². The molecular formula is C28H45F2N3O3. The smallest absolute Gasteiger partial charge is 0.317 e. The van der Waals surface area contributed by atoms with Crippen molar-refractivity contribution in [2.24, 2.45) is 11.8 Å². The molecule has 3 atom stereocenters. The molecule has 204 valence electrons. The van der Waals surface area contributed by atoms with E-state index in [-0.39, 0.29) is 24.1 Å². The minimum absolute atomic E-state index is 0.0162. The number of piperidine rings is 1. The standard InChI is InChI=1S/C28H45F2N3O3/c1-31-19-24(17-21-9-4-3-5-10-21)32-27(34)33-15-8-11-22(20-33)28(35,14-6-7-16-36-2)25-18-23(29)12-13-26(25)30/h12-13,18,21-22,24,31,35H,3-11,14-17,19-20H2,1-2H3,(H,32,34)/t22-,24+,28+/m1/s1. The van der Waals surface area contributed by atoms with Gasteiger partial charge in [-0.15, -0.1) is 0 Å². The summed E-state index contributed by atoms with van der Waals surface area (Å²) < 4.78 is 34.1. The molecular weight excluding hydrogens is 464 g/mol. The first-order valence-electron chi connectivity index (χ1n) is 13.7. The normalized spacial score (nSPS) is 21.7. The van der Waals surface area contributed by atoms with Crippen molar-refractivity contribution >= 4 is 6.03 Å². The topological polar surface area (TPSA) is 73.8 Å². The summed E-state index contributed by atoms with van der Waals surface area (Å²) in [7, 11) is 3.51. The highest BCUT2D eigenvalue weighted by molar-refractivity contribution is 5.74. The summed E-state index contributed by atoms with van der Waals surface area (Å²) in [6.45, 7) is 2.13. The fourth-order valence-corrected chi connectivity index (χ4v) is 6.11. The molecule has 36 heavy (non-hydrogen) atoms. The number of likely N-dealkylation sites (tertiary alicyclic amines) is 1. The van der Waals surface area contributed by atoms with Crippen LogP contribution < -0.4 is 10.6 Å². The fourth-order valence-electron chi connectivity index (χ4n) is 6.11. The van der Waals surface area contributed by atoms with Crippen molar-refractivity contribution in [2.45, 2.75) is 82.3 Å². The third-order valence-corrected chi connectivity index (χ3v) is 8.06. The third-order valence-electron chi connectivity index (χ3n) is 8.06. The van der Waals surface area contributed by atoms with E-state index in [4.69, 9.17) is 4.74 Å². The molecule has 2 aliphatic rings. The van der Waals surface area contributed by atoms with E-state index < -0.39 is 23.2 Å². The molecule has 1 aromatic rings. The Bertz CT molecular complexity index is 821. The summed E-state index contributed by atoms with van der Waals surface area (Å²) in [5.74, 6) is -0.949. The van der Waals surface area contributed by atoms with Gasteiger partial charge in [0.05, 0.1) is 5.60 Å². The Balaban J connectivity index is 1.72. The maximum Gasteiger partial charge on any atom is 0.317 e. The Morgan fingerprint density at radius 2 is 1.97 bits per heavy atom. The molecule has 1 heterocycles. The van der Waals surface area contributed by atoms with Gasteiger partial charge in [-0.2, -0.15) is 0 Å². The van der Waals surface area contributed by atoms with Crippen LogP contribution >= 0.6 is 0 Å². The number of carbonyl (C=O) groups excluding carboxylic acids is 1. The van der Waals surface area contributed by atoms with Crippen LogP contribution in [0.4, 0.5) is 13.6 Å². The molecule has 3 N–H and O–H groups in total. The van der Waals surface area contributed by atoms with Crippen molar-refractivity contribution in [1.29, 1.82) is 0 Å². The quantitative estimate of drug-likeness (QED) is 0.349. The number of carbonyl (C=O) groups is 1. The monoisotopic (exact) mass is 509 g/mol. The summed E-state index contributed by atoms with van der Waals surface area (Å²) in [6.07, 6.45) is 10.2. The van der Waals surface area contributed by atoms with Gasteiger partial charge in [0.2, 0.25) is 0 Å². The molecule has 0 spiro atoms. The second-order valence-corrected chi connectivity index (χ2v) is 10.7. The number of urea groups is 1. The second-order valence-electron chi connectivity index (χ2n) is 10.7. The lowest BCUT2D eigenvalue weighted by Crippen LogP contribution is -2.54. The molecule has 0 unspecified atom stereocenters. The molecule has 1 saturated carbocycles. The van der Waals surface area contributed by atoms with E-state index in [1.165, 1.54) is 32.1 Å². The molecule has 6 nitrogen and oxygen atoms in total. The Morgan fingerprint density at radius 1 is 1.19 bits per heavy atom. The molecule has 1 aromatic carbocycles. The number of halogens is 2. The van der Waals surface area contributed by atoms with Crippen LogP contribution in [-0.4, -0.2) is 62.5 Å². The van der Waals surface area contributed by atoms with Gasteiger partial charge in [-0.3, -0.25) is 0 Å². The number of hydrogen-bond donors (Lipinski definition) is 3. The lowest BCUT2D eigenvalue weighted by Gasteiger charge is -2.43. The van der Waals surface area contributed by atoms with Gasteiger partial charge in [-0.25, -0.2) is 13.6 Å². The predicted molar refractivity (Wildman–Crippen MR) is 138 cm³/mol. The average molecular weight is 510 g/mol. The Hall–Kier alpha value is -1.77. The minimum Gasteiger partial charge on any atom is -0.385 e. The molecule has 1 aliphatic heterocycles. The first-order chi connectivity index (χ1) is 17.4. The van der Waals surface area contributed by atoms with Crippen molar-refractivity contribution in [3.63, 3.8) is 0 Å². The van der Waals surface area contributed by atoms with Gasteiger partial charge in [-0.05, 0) is 69.7 Å². The molecule has 2 fully saturated rings. The van der Waals surface area contributed by atoms with Crippen molar-refractivity contribution in [3.05, 3.63) is 35.4 Å². The maximum atomic E-state index is 14.9. The number of nitrogens with zero attached hydrogens (tertiary/aromatic N) is 1. The van der Waals surface area contributed by atoms with Gasteiger partial charge in [0.1, 0.15) is 11.6 Å². The van der Waals surface area contributed by atoms with Crippen LogP contribution in [0.25, 0.3) is 0 Å². The summed E-state index contributed by atoms with van der Waals surface area (Å²) in [4.78, 5) is 15.1. The Kier molecular flexibility index (Phi) is 11.4. The Labute approximate surface area is 215 Å². The molecule has 8 heteroatoms. The van der Waals surface area contributed by atoms with E-state index >= 15 is 0 Å². The van der Waals surface area contributed by atoms with Gasteiger partial charge in [0.25, 0.3) is 0 Å². The number of benzene rings is 1. The molecule has 2 amide bonds. The number of nitrogens with one attached hydrogen (secondary N) is 2. The van der Waals surface area contributed by atoms with E-state index in [9.17, 15) is 18.7 Å².